The molecule has 5 nitrogen and oxygen atoms in total. The van der Waals surface area contributed by atoms with Gasteiger partial charge in [0.25, 0.3) is 0 Å². The van der Waals surface area contributed by atoms with Crippen LogP contribution in [-0.4, -0.2) is 34.0 Å². The van der Waals surface area contributed by atoms with Gasteiger partial charge in [0, 0.05) is 47.8 Å². The van der Waals surface area contributed by atoms with Crippen LogP contribution in [0, 0.1) is 0 Å². The summed E-state index contributed by atoms with van der Waals surface area (Å²) in [6, 6.07) is 22.9. The van der Waals surface area contributed by atoms with Crippen molar-refractivity contribution in [2.75, 3.05) is 19.0 Å². The van der Waals surface area contributed by atoms with E-state index in [0.717, 1.165) is 61.7 Å². The smallest absolute Gasteiger partial charge is 0.0701 e. The Bertz CT molecular complexity index is 1590. The summed E-state index contributed by atoms with van der Waals surface area (Å²) in [5, 5.41) is 0. The van der Waals surface area contributed by atoms with E-state index in [1.807, 2.05) is 18.2 Å². The maximum atomic E-state index is 4.83. The van der Waals surface area contributed by atoms with Crippen molar-refractivity contribution in [2.45, 2.75) is 0 Å². The van der Waals surface area contributed by atoms with Crippen LogP contribution in [0.2, 0.25) is 0 Å². The standard InChI is InChI=1S/C28H23N5.Fe/c1-33(2)28-26-17-24-13-11-22(31-24)15-20-9-8-19(29-20)14-21-10-12-23(30-21)16-25(32-26)27(28)18-6-4-3-5-7-18;/h3-17,29,32H,1-2H3;. The normalized spacial score (nSPS) is 11.9. The van der Waals surface area contributed by atoms with Crippen molar-refractivity contribution in [3.05, 3.63) is 89.5 Å². The maximum Gasteiger partial charge on any atom is 0.0701 e. The molecular weight excluding hydrogens is 462 g/mol. The Labute approximate surface area is 208 Å². The van der Waals surface area contributed by atoms with Gasteiger partial charge in [0.15, 0.2) is 0 Å². The molecule has 0 aliphatic carbocycles. The molecule has 8 bridgehead atoms. The molecule has 5 heterocycles. The number of anilines is 1. The zero-order valence-corrected chi connectivity index (χ0v) is 20.0. The molecule has 0 saturated carbocycles. The number of benzene rings is 1. The van der Waals surface area contributed by atoms with Crippen LogP contribution in [0.25, 0.3) is 57.5 Å². The number of aromatic amines is 2. The van der Waals surface area contributed by atoms with E-state index in [1.54, 1.807) is 0 Å². The fourth-order valence-corrected chi connectivity index (χ4v) is 4.43. The first kappa shape index (κ1) is 22.0. The third-order valence-corrected chi connectivity index (χ3v) is 5.83. The molecule has 34 heavy (non-hydrogen) atoms. The molecule has 168 valence electrons. The number of fused-ring (bicyclic) bond motifs is 8. The van der Waals surface area contributed by atoms with E-state index >= 15 is 0 Å². The largest absolute Gasteiger partial charge is 0.375 e. The van der Waals surface area contributed by atoms with Crippen LogP contribution in [-0.2, 0) is 17.1 Å². The predicted molar refractivity (Wildman–Crippen MR) is 139 cm³/mol. The van der Waals surface area contributed by atoms with Gasteiger partial charge in [0.2, 0.25) is 0 Å². The summed E-state index contributed by atoms with van der Waals surface area (Å²) in [6.45, 7) is 0. The fraction of sp³-hybridized carbons (Fsp3) is 0.0714. The van der Waals surface area contributed by atoms with Gasteiger partial charge in [-0.2, -0.15) is 0 Å². The van der Waals surface area contributed by atoms with Gasteiger partial charge in [-0.25, -0.2) is 9.97 Å². The molecule has 4 aromatic rings. The SMILES string of the molecule is CN(C)c1c(-c2ccccc2)c2cc3nc(cc4ccc(cc5nc(cc1[nH]2)C=C5)[nH]4)C=C3.[Fe]. The predicted octanol–water partition coefficient (Wildman–Crippen LogP) is 6.39. The molecular formula is C28H23FeN5. The molecule has 0 unspecified atom stereocenters. The monoisotopic (exact) mass is 485 g/mol. The van der Waals surface area contributed by atoms with Gasteiger partial charge in [0.05, 0.1) is 39.5 Å². The van der Waals surface area contributed by atoms with Crippen molar-refractivity contribution in [3.8, 4) is 11.1 Å². The summed E-state index contributed by atoms with van der Waals surface area (Å²) in [5.74, 6) is 0. The molecule has 0 fully saturated rings. The van der Waals surface area contributed by atoms with Crippen LogP contribution in [0.1, 0.15) is 22.8 Å². The van der Waals surface area contributed by atoms with Crippen molar-refractivity contribution in [1.82, 2.24) is 19.9 Å². The van der Waals surface area contributed by atoms with Crippen molar-refractivity contribution < 1.29 is 17.1 Å². The van der Waals surface area contributed by atoms with Crippen LogP contribution < -0.4 is 4.90 Å². The Morgan fingerprint density at radius 2 is 1.15 bits per heavy atom. The van der Waals surface area contributed by atoms with Gasteiger partial charge < -0.3 is 14.9 Å². The van der Waals surface area contributed by atoms with Crippen LogP contribution in [0.5, 0.6) is 0 Å². The maximum absolute atomic E-state index is 4.83. The van der Waals surface area contributed by atoms with Gasteiger partial charge >= 0.3 is 0 Å². The average molecular weight is 485 g/mol. The van der Waals surface area contributed by atoms with Gasteiger partial charge in [-0.3, -0.25) is 0 Å². The Balaban J connectivity index is 0.00000241. The van der Waals surface area contributed by atoms with Crippen LogP contribution in [0.3, 0.4) is 0 Å². The molecule has 0 spiro atoms. The first-order chi connectivity index (χ1) is 16.1. The third kappa shape index (κ3) is 4.10. The zero-order valence-electron chi connectivity index (χ0n) is 18.9. The first-order valence-corrected chi connectivity index (χ1v) is 11.0. The summed E-state index contributed by atoms with van der Waals surface area (Å²) in [4.78, 5) is 18.9. The zero-order chi connectivity index (χ0) is 22.4. The Morgan fingerprint density at radius 3 is 1.71 bits per heavy atom. The molecule has 0 atom stereocenters. The van der Waals surface area contributed by atoms with Gasteiger partial charge in [0.1, 0.15) is 0 Å². The minimum atomic E-state index is 0. The molecule has 0 saturated heterocycles. The Morgan fingerprint density at radius 1 is 0.618 bits per heavy atom. The number of aromatic nitrogens is 4. The minimum absolute atomic E-state index is 0. The van der Waals surface area contributed by atoms with E-state index in [-0.39, 0.29) is 17.1 Å². The molecule has 0 radical (unpaired) electrons. The van der Waals surface area contributed by atoms with E-state index in [2.05, 4.69) is 102 Å². The third-order valence-electron chi connectivity index (χ3n) is 5.83. The number of hydrogen-bond acceptors (Lipinski definition) is 3. The van der Waals surface area contributed by atoms with E-state index in [4.69, 9.17) is 9.97 Å². The van der Waals surface area contributed by atoms with E-state index < -0.39 is 0 Å². The second kappa shape index (κ2) is 8.82. The second-order valence-electron chi connectivity index (χ2n) is 8.47. The van der Waals surface area contributed by atoms with Crippen molar-refractivity contribution >= 4 is 52.1 Å². The molecule has 3 aromatic heterocycles. The van der Waals surface area contributed by atoms with E-state index in [9.17, 15) is 0 Å². The summed E-state index contributed by atoms with van der Waals surface area (Å²) >= 11 is 0. The first-order valence-electron chi connectivity index (χ1n) is 11.0. The van der Waals surface area contributed by atoms with Crippen LogP contribution >= 0.6 is 0 Å². The van der Waals surface area contributed by atoms with Gasteiger partial charge in [-0.15, -0.1) is 0 Å². The topological polar surface area (TPSA) is 60.6 Å². The molecule has 6 rings (SSSR count). The Hall–Kier alpha value is -3.86. The number of H-pyrrole nitrogens is 2. The summed E-state index contributed by atoms with van der Waals surface area (Å²) in [5.41, 5.74) is 11.2. The summed E-state index contributed by atoms with van der Waals surface area (Å²) < 4.78 is 0. The van der Waals surface area contributed by atoms with Crippen LogP contribution in [0.4, 0.5) is 5.69 Å². The molecule has 2 aliphatic rings. The number of nitrogens with zero attached hydrogens (tertiary/aromatic N) is 3. The molecule has 2 aliphatic heterocycles. The number of rotatable bonds is 2. The van der Waals surface area contributed by atoms with Gasteiger partial charge in [-0.05, 0) is 66.3 Å². The molecule has 1 aromatic carbocycles. The van der Waals surface area contributed by atoms with E-state index in [0.29, 0.717) is 0 Å². The fourth-order valence-electron chi connectivity index (χ4n) is 4.43. The van der Waals surface area contributed by atoms with Crippen molar-refractivity contribution in [2.24, 2.45) is 0 Å². The summed E-state index contributed by atoms with van der Waals surface area (Å²) in [7, 11) is 4.15. The van der Waals surface area contributed by atoms with Gasteiger partial charge in [-0.1, -0.05) is 30.3 Å². The van der Waals surface area contributed by atoms with Crippen molar-refractivity contribution in [1.29, 1.82) is 0 Å². The Kier molecular flexibility index (Phi) is 5.70. The summed E-state index contributed by atoms with van der Waals surface area (Å²) in [6.07, 6.45) is 8.20. The quantitative estimate of drug-likeness (QED) is 0.280. The van der Waals surface area contributed by atoms with Crippen LogP contribution in [0.15, 0.2) is 66.7 Å². The molecule has 6 heteroatoms. The number of hydrogen-bond donors (Lipinski definition) is 2. The van der Waals surface area contributed by atoms with Crippen molar-refractivity contribution in [3.63, 3.8) is 0 Å². The second-order valence-corrected chi connectivity index (χ2v) is 8.47. The number of nitrogens with one attached hydrogen (secondary N) is 2. The minimum Gasteiger partial charge on any atom is -0.375 e. The molecule has 0 amide bonds. The average Bonchev–Trinajstić information content (AvgIpc) is 3.58. The van der Waals surface area contributed by atoms with E-state index in [1.165, 1.54) is 0 Å². The molecule has 2 N–H and O–H groups in total.